The number of benzene rings is 1. The standard InChI is InChI=1S/C21H27N9/c22-8-6-17(12-23)27-20-19-18(25-14-26-20)21(29-28-19)24-9-3-10-30-11-7-15-4-1-2-5-16(15)13-30/h1-2,4-6,8,12,14H,3,7,9-11,13,22-23H2,(H2,24,28,29)(H,25,26,27)/b8-6-,17-12+. The summed E-state index contributed by atoms with van der Waals surface area (Å²) in [5, 5.41) is 13.9. The monoisotopic (exact) mass is 405 g/mol. The minimum atomic E-state index is 0.585. The largest absolute Gasteiger partial charge is 0.405 e. The fraction of sp³-hybridized carbons (Fsp3) is 0.286. The molecule has 1 aromatic carbocycles. The molecule has 7 N–H and O–H groups in total. The number of anilines is 2. The highest BCUT2D eigenvalue weighted by Gasteiger charge is 2.15. The number of nitrogens with zero attached hydrogens (tertiary/aromatic N) is 4. The average Bonchev–Trinajstić information content (AvgIpc) is 3.20. The van der Waals surface area contributed by atoms with E-state index in [1.807, 2.05) is 0 Å². The number of rotatable bonds is 8. The molecule has 0 atom stereocenters. The number of nitrogens with two attached hydrogens (primary N) is 2. The number of fused-ring (bicyclic) bond motifs is 2. The topological polar surface area (TPSA) is 134 Å². The summed E-state index contributed by atoms with van der Waals surface area (Å²) in [5.74, 6) is 1.30. The zero-order valence-corrected chi connectivity index (χ0v) is 16.8. The summed E-state index contributed by atoms with van der Waals surface area (Å²) in [6.45, 7) is 3.99. The Bertz CT molecular complexity index is 1050. The molecule has 3 heterocycles. The van der Waals surface area contributed by atoms with E-state index in [4.69, 9.17) is 11.5 Å². The van der Waals surface area contributed by atoms with Crippen LogP contribution in [-0.2, 0) is 13.0 Å². The maximum absolute atomic E-state index is 5.61. The van der Waals surface area contributed by atoms with Gasteiger partial charge in [-0.3, -0.25) is 10.00 Å². The van der Waals surface area contributed by atoms with Crippen molar-refractivity contribution in [1.82, 2.24) is 25.1 Å². The van der Waals surface area contributed by atoms with E-state index in [1.54, 1.807) is 6.08 Å². The van der Waals surface area contributed by atoms with Crippen LogP contribution in [0, 0.1) is 0 Å². The van der Waals surface area contributed by atoms with E-state index >= 15 is 0 Å². The zero-order valence-electron chi connectivity index (χ0n) is 16.8. The molecule has 0 unspecified atom stereocenters. The summed E-state index contributed by atoms with van der Waals surface area (Å²) in [5.41, 5.74) is 16.0. The van der Waals surface area contributed by atoms with Crippen LogP contribution < -0.4 is 22.1 Å². The Morgan fingerprint density at radius 3 is 2.87 bits per heavy atom. The molecular weight excluding hydrogens is 378 g/mol. The van der Waals surface area contributed by atoms with Gasteiger partial charge >= 0.3 is 0 Å². The lowest BCUT2D eigenvalue weighted by Gasteiger charge is -2.28. The van der Waals surface area contributed by atoms with Gasteiger partial charge in [-0.15, -0.1) is 0 Å². The number of aromatic amines is 1. The molecule has 0 bridgehead atoms. The second kappa shape index (κ2) is 9.27. The van der Waals surface area contributed by atoms with E-state index in [2.05, 4.69) is 60.0 Å². The van der Waals surface area contributed by atoms with E-state index < -0.39 is 0 Å². The molecule has 0 saturated heterocycles. The van der Waals surface area contributed by atoms with Crippen molar-refractivity contribution in [3.05, 3.63) is 65.9 Å². The first-order valence-corrected chi connectivity index (χ1v) is 10.1. The Labute approximate surface area is 175 Å². The number of H-pyrrole nitrogens is 1. The lowest BCUT2D eigenvalue weighted by molar-refractivity contribution is 0.253. The van der Waals surface area contributed by atoms with Gasteiger partial charge in [0.15, 0.2) is 11.6 Å². The van der Waals surface area contributed by atoms with Gasteiger partial charge < -0.3 is 22.1 Å². The summed E-state index contributed by atoms with van der Waals surface area (Å²) in [6, 6.07) is 8.71. The number of nitrogens with one attached hydrogen (secondary N) is 3. The fourth-order valence-electron chi connectivity index (χ4n) is 3.69. The third-order valence-corrected chi connectivity index (χ3v) is 5.22. The van der Waals surface area contributed by atoms with Crippen LogP contribution in [0.25, 0.3) is 11.0 Å². The van der Waals surface area contributed by atoms with E-state index in [-0.39, 0.29) is 0 Å². The number of aromatic nitrogens is 4. The SMILES string of the molecule is N/C=C\C(=C/N)Nc1ncnc2c(NCCCN3CCc4ccccc4C3)n[nH]c12. The lowest BCUT2D eigenvalue weighted by Crippen LogP contribution is -2.32. The van der Waals surface area contributed by atoms with Gasteiger partial charge in [-0.05, 0) is 36.2 Å². The molecule has 0 amide bonds. The second-order valence-corrected chi connectivity index (χ2v) is 7.20. The van der Waals surface area contributed by atoms with E-state index in [0.717, 1.165) is 44.5 Å². The first-order valence-electron chi connectivity index (χ1n) is 10.1. The highest BCUT2D eigenvalue weighted by molar-refractivity contribution is 5.93. The summed E-state index contributed by atoms with van der Waals surface area (Å²) < 4.78 is 0. The third-order valence-electron chi connectivity index (χ3n) is 5.22. The first-order chi connectivity index (χ1) is 14.8. The maximum atomic E-state index is 5.61. The minimum Gasteiger partial charge on any atom is -0.405 e. The minimum absolute atomic E-state index is 0.585. The molecule has 0 fully saturated rings. The van der Waals surface area contributed by atoms with E-state index in [9.17, 15) is 0 Å². The summed E-state index contributed by atoms with van der Waals surface area (Å²) in [4.78, 5) is 11.1. The van der Waals surface area contributed by atoms with Gasteiger partial charge in [-0.2, -0.15) is 5.10 Å². The molecule has 156 valence electrons. The Morgan fingerprint density at radius 2 is 2.03 bits per heavy atom. The molecule has 4 rings (SSSR count). The normalized spacial score (nSPS) is 14.9. The highest BCUT2D eigenvalue weighted by atomic mass is 15.2. The molecule has 30 heavy (non-hydrogen) atoms. The molecule has 1 aliphatic heterocycles. The van der Waals surface area contributed by atoms with Gasteiger partial charge in [0.2, 0.25) is 0 Å². The predicted molar refractivity (Wildman–Crippen MR) is 119 cm³/mol. The average molecular weight is 406 g/mol. The summed E-state index contributed by atoms with van der Waals surface area (Å²) in [7, 11) is 0. The second-order valence-electron chi connectivity index (χ2n) is 7.20. The quantitative estimate of drug-likeness (QED) is 0.283. The van der Waals surface area contributed by atoms with Crippen molar-refractivity contribution in [2.75, 3.05) is 30.3 Å². The highest BCUT2D eigenvalue weighted by Crippen LogP contribution is 2.24. The van der Waals surface area contributed by atoms with Crippen molar-refractivity contribution < 1.29 is 0 Å². The molecule has 1 aliphatic rings. The van der Waals surface area contributed by atoms with Crippen LogP contribution in [0.4, 0.5) is 11.6 Å². The Hall–Kier alpha value is -3.59. The van der Waals surface area contributed by atoms with Crippen LogP contribution in [0.2, 0.25) is 0 Å². The molecule has 9 heteroatoms. The molecule has 0 aliphatic carbocycles. The van der Waals surface area contributed by atoms with Crippen LogP contribution in [0.3, 0.4) is 0 Å². The number of hydrogen-bond acceptors (Lipinski definition) is 8. The first kappa shape index (κ1) is 19.7. The fourth-order valence-corrected chi connectivity index (χ4v) is 3.69. The van der Waals surface area contributed by atoms with Crippen LogP contribution in [0.15, 0.2) is 54.8 Å². The number of allylic oxidation sites excluding steroid dienone is 1. The molecule has 0 spiro atoms. The summed E-state index contributed by atoms with van der Waals surface area (Å²) >= 11 is 0. The number of hydrogen-bond donors (Lipinski definition) is 5. The van der Waals surface area contributed by atoms with Crippen LogP contribution in [0.5, 0.6) is 0 Å². The molecule has 9 nitrogen and oxygen atoms in total. The van der Waals surface area contributed by atoms with E-state index in [1.165, 1.54) is 29.9 Å². The maximum Gasteiger partial charge on any atom is 0.174 e. The van der Waals surface area contributed by atoms with Crippen molar-refractivity contribution in [1.29, 1.82) is 0 Å². The smallest absolute Gasteiger partial charge is 0.174 e. The van der Waals surface area contributed by atoms with Crippen LogP contribution >= 0.6 is 0 Å². The summed E-state index contributed by atoms with van der Waals surface area (Å²) in [6.07, 6.45) is 8.13. The van der Waals surface area contributed by atoms with Gasteiger partial charge in [0.25, 0.3) is 0 Å². The zero-order chi connectivity index (χ0) is 20.8. The Morgan fingerprint density at radius 1 is 1.17 bits per heavy atom. The van der Waals surface area contributed by atoms with Crippen molar-refractivity contribution in [3.63, 3.8) is 0 Å². The molecular formula is C21H27N9. The van der Waals surface area contributed by atoms with Crippen LogP contribution in [-0.4, -0.2) is 44.7 Å². The van der Waals surface area contributed by atoms with Gasteiger partial charge in [0.1, 0.15) is 17.4 Å². The third kappa shape index (κ3) is 4.36. The predicted octanol–water partition coefficient (Wildman–Crippen LogP) is 1.90. The Balaban J connectivity index is 1.33. The van der Waals surface area contributed by atoms with Gasteiger partial charge in [0, 0.05) is 32.4 Å². The Kier molecular flexibility index (Phi) is 6.09. The lowest BCUT2D eigenvalue weighted by atomic mass is 10.00. The van der Waals surface area contributed by atoms with Gasteiger partial charge in [0.05, 0.1) is 5.70 Å². The molecule has 2 aromatic heterocycles. The van der Waals surface area contributed by atoms with Gasteiger partial charge in [-0.1, -0.05) is 24.3 Å². The van der Waals surface area contributed by atoms with E-state index in [0.29, 0.717) is 22.8 Å². The van der Waals surface area contributed by atoms with Crippen LogP contribution in [0.1, 0.15) is 17.5 Å². The van der Waals surface area contributed by atoms with Crippen molar-refractivity contribution in [2.24, 2.45) is 11.5 Å². The molecule has 3 aromatic rings. The molecule has 0 radical (unpaired) electrons. The molecule has 0 saturated carbocycles. The van der Waals surface area contributed by atoms with Crippen molar-refractivity contribution >= 4 is 22.7 Å². The van der Waals surface area contributed by atoms with Crippen molar-refractivity contribution in [3.8, 4) is 0 Å². The van der Waals surface area contributed by atoms with Crippen molar-refractivity contribution in [2.45, 2.75) is 19.4 Å². The van der Waals surface area contributed by atoms with Gasteiger partial charge in [-0.25, -0.2) is 9.97 Å².